The average Bonchev–Trinajstić information content (AvgIpc) is 2.78. The SMILES string of the molecule is CCC(O)[C@H]1CC[C@H](N2CC(NC(=O)CNc3ncnc4ccc(C(F)(F)F)cc34)C2)CC1. The monoisotopic (exact) mass is 465 g/mol. The van der Waals surface area contributed by atoms with Crippen molar-refractivity contribution in [3.8, 4) is 0 Å². The molecule has 1 aliphatic heterocycles. The number of aliphatic hydroxyl groups is 1. The molecule has 2 heterocycles. The second-order valence-corrected chi connectivity index (χ2v) is 9.07. The second-order valence-electron chi connectivity index (χ2n) is 9.07. The molecule has 10 heteroatoms. The van der Waals surface area contributed by atoms with Gasteiger partial charge < -0.3 is 15.7 Å². The Balaban J connectivity index is 1.24. The topological polar surface area (TPSA) is 90.4 Å². The molecule has 1 aliphatic carbocycles. The molecule has 2 aromatic rings. The molecule has 7 nitrogen and oxygen atoms in total. The van der Waals surface area contributed by atoms with Crippen LogP contribution in [0.4, 0.5) is 19.0 Å². The molecule has 1 amide bonds. The summed E-state index contributed by atoms with van der Waals surface area (Å²) in [4.78, 5) is 22.8. The van der Waals surface area contributed by atoms with Gasteiger partial charge in [0.2, 0.25) is 5.91 Å². The molecule has 2 fully saturated rings. The third-order valence-electron chi connectivity index (χ3n) is 6.87. The highest BCUT2D eigenvalue weighted by Crippen LogP contribution is 2.33. The zero-order chi connectivity index (χ0) is 23.6. The van der Waals surface area contributed by atoms with Gasteiger partial charge in [0.25, 0.3) is 0 Å². The zero-order valence-corrected chi connectivity index (χ0v) is 18.6. The fourth-order valence-corrected chi connectivity index (χ4v) is 4.90. The number of nitrogens with zero attached hydrogens (tertiary/aromatic N) is 3. The highest BCUT2D eigenvalue weighted by Gasteiger charge is 2.36. The van der Waals surface area contributed by atoms with Crippen molar-refractivity contribution in [2.75, 3.05) is 25.0 Å². The predicted molar refractivity (Wildman–Crippen MR) is 119 cm³/mol. The largest absolute Gasteiger partial charge is 0.416 e. The third-order valence-corrected chi connectivity index (χ3v) is 6.87. The number of carbonyl (C=O) groups excluding carboxylic acids is 1. The van der Waals surface area contributed by atoms with Gasteiger partial charge in [-0.25, -0.2) is 9.97 Å². The van der Waals surface area contributed by atoms with Crippen LogP contribution in [0.2, 0.25) is 0 Å². The van der Waals surface area contributed by atoms with Crippen LogP contribution in [0, 0.1) is 5.92 Å². The molecule has 1 saturated carbocycles. The molecule has 180 valence electrons. The molecule has 0 spiro atoms. The number of alkyl halides is 3. The van der Waals surface area contributed by atoms with Crippen molar-refractivity contribution in [2.45, 2.75) is 63.4 Å². The fourth-order valence-electron chi connectivity index (χ4n) is 4.90. The summed E-state index contributed by atoms with van der Waals surface area (Å²) in [5, 5.41) is 16.1. The number of amides is 1. The van der Waals surface area contributed by atoms with Crippen molar-refractivity contribution in [1.82, 2.24) is 20.2 Å². The predicted octanol–water partition coefficient (Wildman–Crippen LogP) is 3.19. The number of aliphatic hydroxyl groups excluding tert-OH is 1. The molecule has 1 unspecified atom stereocenters. The van der Waals surface area contributed by atoms with E-state index in [1.807, 2.05) is 6.92 Å². The number of anilines is 1. The zero-order valence-electron chi connectivity index (χ0n) is 18.6. The van der Waals surface area contributed by atoms with Crippen molar-refractivity contribution >= 4 is 22.6 Å². The van der Waals surface area contributed by atoms with Crippen LogP contribution in [-0.4, -0.2) is 63.7 Å². The van der Waals surface area contributed by atoms with Crippen molar-refractivity contribution in [2.24, 2.45) is 5.92 Å². The van der Waals surface area contributed by atoms with Gasteiger partial charge in [-0.2, -0.15) is 13.2 Å². The van der Waals surface area contributed by atoms with Gasteiger partial charge >= 0.3 is 6.18 Å². The number of fused-ring (bicyclic) bond motifs is 1. The van der Waals surface area contributed by atoms with Gasteiger partial charge in [0.15, 0.2) is 0 Å². The van der Waals surface area contributed by atoms with Crippen LogP contribution >= 0.6 is 0 Å². The van der Waals surface area contributed by atoms with E-state index in [0.29, 0.717) is 17.5 Å². The normalized spacial score (nSPS) is 23.2. The summed E-state index contributed by atoms with van der Waals surface area (Å²) >= 11 is 0. The lowest BCUT2D eigenvalue weighted by atomic mass is 9.80. The minimum atomic E-state index is -4.47. The third kappa shape index (κ3) is 5.55. The maximum absolute atomic E-state index is 13.0. The van der Waals surface area contributed by atoms with Gasteiger partial charge in [-0.3, -0.25) is 9.69 Å². The van der Waals surface area contributed by atoms with E-state index in [1.54, 1.807) is 0 Å². The van der Waals surface area contributed by atoms with Crippen LogP contribution in [-0.2, 0) is 11.0 Å². The molecule has 0 radical (unpaired) electrons. The Labute approximate surface area is 190 Å². The molecule has 3 N–H and O–H groups in total. The summed E-state index contributed by atoms with van der Waals surface area (Å²) < 4.78 is 39.1. The Bertz CT molecular complexity index is 972. The molecule has 0 bridgehead atoms. The molecule has 1 aromatic heterocycles. The molecular weight excluding hydrogens is 435 g/mol. The number of likely N-dealkylation sites (tertiary alicyclic amines) is 1. The van der Waals surface area contributed by atoms with E-state index in [9.17, 15) is 23.1 Å². The van der Waals surface area contributed by atoms with Crippen LogP contribution in [0.1, 0.15) is 44.6 Å². The lowest BCUT2D eigenvalue weighted by Gasteiger charge is -2.47. The summed E-state index contributed by atoms with van der Waals surface area (Å²) in [5.74, 6) is 0.370. The smallest absolute Gasteiger partial charge is 0.393 e. The van der Waals surface area contributed by atoms with Gasteiger partial charge in [0, 0.05) is 24.5 Å². The summed E-state index contributed by atoms with van der Waals surface area (Å²) in [6, 6.07) is 3.84. The van der Waals surface area contributed by atoms with Gasteiger partial charge in [-0.15, -0.1) is 0 Å². The van der Waals surface area contributed by atoms with Gasteiger partial charge in [0.05, 0.1) is 29.8 Å². The van der Waals surface area contributed by atoms with Crippen LogP contribution in [0.15, 0.2) is 24.5 Å². The number of benzene rings is 1. The van der Waals surface area contributed by atoms with E-state index < -0.39 is 11.7 Å². The fraction of sp³-hybridized carbons (Fsp3) is 0.609. The van der Waals surface area contributed by atoms with Crippen LogP contribution < -0.4 is 10.6 Å². The molecular formula is C23H30F3N5O2. The Morgan fingerprint density at radius 2 is 1.94 bits per heavy atom. The minimum absolute atomic E-state index is 0.0669. The van der Waals surface area contributed by atoms with E-state index >= 15 is 0 Å². The first-order valence-electron chi connectivity index (χ1n) is 11.5. The Kier molecular flexibility index (Phi) is 7.04. The Hall–Kier alpha value is -2.46. The highest BCUT2D eigenvalue weighted by molar-refractivity contribution is 5.91. The molecule has 1 atom stereocenters. The Morgan fingerprint density at radius 3 is 2.61 bits per heavy atom. The first kappa shape index (κ1) is 23.7. The number of aromatic nitrogens is 2. The van der Waals surface area contributed by atoms with Crippen molar-refractivity contribution in [1.29, 1.82) is 0 Å². The summed E-state index contributed by atoms with van der Waals surface area (Å²) in [6.45, 7) is 3.52. The van der Waals surface area contributed by atoms with Gasteiger partial charge in [0.1, 0.15) is 12.1 Å². The van der Waals surface area contributed by atoms with Gasteiger partial charge in [-0.1, -0.05) is 6.92 Å². The van der Waals surface area contributed by atoms with Crippen LogP contribution in [0.5, 0.6) is 0 Å². The summed E-state index contributed by atoms with van der Waals surface area (Å²) in [6.07, 6.45) is 1.62. The highest BCUT2D eigenvalue weighted by atomic mass is 19.4. The van der Waals surface area contributed by atoms with E-state index in [4.69, 9.17) is 0 Å². The van der Waals surface area contributed by atoms with Crippen molar-refractivity contribution < 1.29 is 23.1 Å². The number of nitrogens with one attached hydrogen (secondary N) is 2. The average molecular weight is 466 g/mol. The molecule has 2 aliphatic rings. The first-order valence-corrected chi connectivity index (χ1v) is 11.5. The number of hydrogen-bond acceptors (Lipinski definition) is 6. The summed E-state index contributed by atoms with van der Waals surface area (Å²) in [5.41, 5.74) is -0.415. The number of carbonyl (C=O) groups is 1. The second kappa shape index (κ2) is 9.80. The standard InChI is InChI=1S/C23H30F3N5O2/c1-2-20(32)14-3-6-17(7-4-14)31-11-16(12-31)30-21(33)10-27-22-18-9-15(23(24,25)26)5-8-19(18)28-13-29-22/h5,8-9,13-14,16-17,20,32H,2-4,6-7,10-12H2,1H3,(H,30,33)(H,27,28,29)/t14-,17-,20?. The van der Waals surface area contributed by atoms with E-state index in [1.165, 1.54) is 12.4 Å². The maximum Gasteiger partial charge on any atom is 0.416 e. The lowest BCUT2D eigenvalue weighted by Crippen LogP contribution is -2.63. The minimum Gasteiger partial charge on any atom is -0.393 e. The van der Waals surface area contributed by atoms with E-state index in [-0.39, 0.29) is 35.8 Å². The molecule has 33 heavy (non-hydrogen) atoms. The van der Waals surface area contributed by atoms with Gasteiger partial charge in [-0.05, 0) is 56.2 Å². The lowest BCUT2D eigenvalue weighted by molar-refractivity contribution is -0.137. The summed E-state index contributed by atoms with van der Waals surface area (Å²) in [7, 11) is 0. The van der Waals surface area contributed by atoms with Crippen LogP contribution in [0.25, 0.3) is 10.9 Å². The molecule has 1 aromatic carbocycles. The van der Waals surface area contributed by atoms with Crippen LogP contribution in [0.3, 0.4) is 0 Å². The van der Waals surface area contributed by atoms with E-state index in [2.05, 4.69) is 25.5 Å². The molecule has 4 rings (SSSR count). The molecule has 1 saturated heterocycles. The van der Waals surface area contributed by atoms with Crippen molar-refractivity contribution in [3.63, 3.8) is 0 Å². The number of rotatable bonds is 7. The van der Waals surface area contributed by atoms with E-state index in [0.717, 1.165) is 57.3 Å². The van der Waals surface area contributed by atoms with Crippen molar-refractivity contribution in [3.05, 3.63) is 30.1 Å². The Morgan fingerprint density at radius 1 is 1.21 bits per heavy atom. The first-order chi connectivity index (χ1) is 15.7. The quantitative estimate of drug-likeness (QED) is 0.582. The number of hydrogen-bond donors (Lipinski definition) is 3. The maximum atomic E-state index is 13.0. The number of halogens is 3.